The highest BCUT2D eigenvalue weighted by atomic mass is 32.2. The van der Waals surface area contributed by atoms with Crippen molar-refractivity contribution in [3.63, 3.8) is 0 Å². The fourth-order valence-electron chi connectivity index (χ4n) is 4.40. The molecule has 8 heteroatoms. The Balaban J connectivity index is 1.63. The van der Waals surface area contributed by atoms with E-state index in [9.17, 15) is 20.0 Å². The molecule has 0 spiro atoms. The van der Waals surface area contributed by atoms with Crippen LogP contribution in [-0.4, -0.2) is 29.7 Å². The number of Topliss-reactive ketones (excluding diaryl/α,β-unsaturated/α-hetero) is 1. The summed E-state index contributed by atoms with van der Waals surface area (Å²) in [6.07, 6.45) is 1.83. The van der Waals surface area contributed by atoms with E-state index in [1.54, 1.807) is 12.1 Å². The molecule has 0 radical (unpaired) electrons. The third-order valence-electron chi connectivity index (χ3n) is 6.34. The third-order valence-corrected chi connectivity index (χ3v) is 7.36. The van der Waals surface area contributed by atoms with Crippen LogP contribution in [0.4, 0.5) is 5.69 Å². The molecule has 35 heavy (non-hydrogen) atoms. The predicted molar refractivity (Wildman–Crippen MR) is 136 cm³/mol. The summed E-state index contributed by atoms with van der Waals surface area (Å²) in [6, 6.07) is 12.9. The van der Waals surface area contributed by atoms with E-state index < -0.39 is 5.92 Å². The molecular formula is C27H27N3O4S. The second-order valence-electron chi connectivity index (χ2n) is 8.65. The van der Waals surface area contributed by atoms with Crippen LogP contribution in [0.15, 0.2) is 58.3 Å². The van der Waals surface area contributed by atoms with E-state index in [1.165, 1.54) is 24.9 Å². The van der Waals surface area contributed by atoms with Crippen molar-refractivity contribution in [2.75, 3.05) is 18.2 Å². The Bertz CT molecular complexity index is 1310. The van der Waals surface area contributed by atoms with Gasteiger partial charge >= 0.3 is 0 Å². The molecule has 2 aromatic carbocycles. The molecule has 1 heterocycles. The average Bonchev–Trinajstić information content (AvgIpc) is 2.84. The Labute approximate surface area is 208 Å². The van der Waals surface area contributed by atoms with Gasteiger partial charge in [-0.3, -0.25) is 9.59 Å². The van der Waals surface area contributed by atoms with E-state index in [-0.39, 0.29) is 28.9 Å². The first kappa shape index (κ1) is 24.4. The Morgan fingerprint density at radius 2 is 2.03 bits per heavy atom. The number of carbonyl (C=O) groups excluding carboxylic acids is 2. The second-order valence-corrected chi connectivity index (χ2v) is 9.63. The summed E-state index contributed by atoms with van der Waals surface area (Å²) < 4.78 is 5.26. The molecule has 3 N–H and O–H groups in total. The van der Waals surface area contributed by atoms with E-state index in [1.807, 2.05) is 32.0 Å². The molecule has 7 nitrogen and oxygen atoms in total. The van der Waals surface area contributed by atoms with Gasteiger partial charge in [-0.25, -0.2) is 0 Å². The molecule has 4 rings (SSSR count). The van der Waals surface area contributed by atoms with Gasteiger partial charge in [0, 0.05) is 23.4 Å². The third kappa shape index (κ3) is 5.05. The highest BCUT2D eigenvalue weighted by Crippen LogP contribution is 2.45. The number of carbonyl (C=O) groups is 2. The summed E-state index contributed by atoms with van der Waals surface area (Å²) in [5, 5.41) is 26.9. The van der Waals surface area contributed by atoms with Crippen molar-refractivity contribution in [2.24, 2.45) is 0 Å². The Morgan fingerprint density at radius 3 is 2.74 bits per heavy atom. The molecular weight excluding hydrogens is 462 g/mol. The average molecular weight is 490 g/mol. The summed E-state index contributed by atoms with van der Waals surface area (Å²) >= 11 is 1.24. The topological polar surface area (TPSA) is 111 Å². The molecule has 180 valence electrons. The number of nitrogens with zero attached hydrogens (tertiary/aromatic N) is 1. The van der Waals surface area contributed by atoms with Crippen molar-refractivity contribution in [3.8, 4) is 17.6 Å². The first-order valence-corrected chi connectivity index (χ1v) is 12.3. The molecule has 0 unspecified atom stereocenters. The minimum Gasteiger partial charge on any atom is -0.504 e. The molecule has 2 aliphatic rings. The number of aryl methyl sites for hydroxylation is 2. The van der Waals surface area contributed by atoms with Gasteiger partial charge in [0.05, 0.1) is 35.5 Å². The van der Waals surface area contributed by atoms with Crippen molar-refractivity contribution in [1.29, 1.82) is 5.26 Å². The molecule has 0 bridgehead atoms. The van der Waals surface area contributed by atoms with Crippen molar-refractivity contribution < 1.29 is 19.4 Å². The van der Waals surface area contributed by atoms with Crippen LogP contribution in [0.3, 0.4) is 0 Å². The van der Waals surface area contributed by atoms with E-state index >= 15 is 0 Å². The number of nitriles is 1. The zero-order valence-electron chi connectivity index (χ0n) is 19.9. The Kier molecular flexibility index (Phi) is 7.17. The van der Waals surface area contributed by atoms with Gasteiger partial charge in [-0.05, 0) is 67.6 Å². The number of aromatic hydroxyl groups is 1. The van der Waals surface area contributed by atoms with Crippen LogP contribution in [0.2, 0.25) is 0 Å². The van der Waals surface area contributed by atoms with E-state index in [4.69, 9.17) is 4.74 Å². The molecule has 1 amide bonds. The minimum absolute atomic E-state index is 0.0000701. The quantitative estimate of drug-likeness (QED) is 0.533. The molecule has 1 aliphatic carbocycles. The molecule has 0 aromatic heterocycles. The van der Waals surface area contributed by atoms with Gasteiger partial charge in [0.25, 0.3) is 0 Å². The maximum absolute atomic E-state index is 12.9. The molecule has 1 aliphatic heterocycles. The molecule has 1 atom stereocenters. The van der Waals surface area contributed by atoms with Gasteiger partial charge in [-0.15, -0.1) is 0 Å². The van der Waals surface area contributed by atoms with Gasteiger partial charge in [-0.1, -0.05) is 23.9 Å². The number of ether oxygens (including phenoxy) is 1. The largest absolute Gasteiger partial charge is 0.504 e. The lowest BCUT2D eigenvalue weighted by Gasteiger charge is -2.33. The van der Waals surface area contributed by atoms with Crippen LogP contribution in [0.25, 0.3) is 0 Å². The van der Waals surface area contributed by atoms with E-state index in [2.05, 4.69) is 16.7 Å². The Morgan fingerprint density at radius 1 is 1.23 bits per heavy atom. The van der Waals surface area contributed by atoms with Crippen LogP contribution in [-0.2, 0) is 9.59 Å². The van der Waals surface area contributed by atoms with Crippen molar-refractivity contribution in [1.82, 2.24) is 5.32 Å². The summed E-state index contributed by atoms with van der Waals surface area (Å²) in [4.78, 5) is 25.6. The highest BCUT2D eigenvalue weighted by molar-refractivity contribution is 8.03. The van der Waals surface area contributed by atoms with E-state index in [0.717, 1.165) is 28.9 Å². The van der Waals surface area contributed by atoms with Crippen LogP contribution in [0.1, 0.15) is 41.9 Å². The number of thioether (sulfide) groups is 1. The van der Waals surface area contributed by atoms with Crippen molar-refractivity contribution in [2.45, 2.75) is 39.0 Å². The highest BCUT2D eigenvalue weighted by Gasteiger charge is 2.37. The predicted octanol–water partition coefficient (Wildman–Crippen LogP) is 4.82. The maximum Gasteiger partial charge on any atom is 0.234 e. The van der Waals surface area contributed by atoms with Gasteiger partial charge in [-0.2, -0.15) is 5.26 Å². The van der Waals surface area contributed by atoms with Crippen LogP contribution in [0.5, 0.6) is 11.5 Å². The fraction of sp³-hybridized carbons (Fsp3) is 0.296. The standard InChI is InChI=1S/C27H27N3O4S/c1-15-7-9-18(11-16(15)2)29-24(33)14-35-27-19(13-28)25(17-8-10-21(31)23(12-17)34-3)26-20(30-27)5-4-6-22(26)32/h7-12,25,30-31H,4-6,14H2,1-3H3,(H,29,33)/t25-/m1/s1. The lowest BCUT2D eigenvalue weighted by molar-refractivity contribution is -0.116. The number of hydrogen-bond acceptors (Lipinski definition) is 7. The monoisotopic (exact) mass is 489 g/mol. The van der Waals surface area contributed by atoms with Gasteiger partial charge < -0.3 is 20.5 Å². The van der Waals surface area contributed by atoms with Crippen LogP contribution < -0.4 is 15.4 Å². The van der Waals surface area contributed by atoms with Crippen LogP contribution >= 0.6 is 11.8 Å². The zero-order valence-corrected chi connectivity index (χ0v) is 20.7. The second kappa shape index (κ2) is 10.3. The number of hydrogen-bond donors (Lipinski definition) is 3. The summed E-state index contributed by atoms with van der Waals surface area (Å²) in [5.41, 5.74) is 5.37. The minimum atomic E-state index is -0.594. The van der Waals surface area contributed by atoms with Gasteiger partial charge in [0.2, 0.25) is 5.91 Å². The number of nitrogens with one attached hydrogen (secondary N) is 2. The van der Waals surface area contributed by atoms with Crippen molar-refractivity contribution in [3.05, 3.63) is 75.0 Å². The number of phenols is 1. The number of amides is 1. The molecule has 0 fully saturated rings. The summed E-state index contributed by atoms with van der Waals surface area (Å²) in [6.45, 7) is 4.01. The normalized spacial score (nSPS) is 17.4. The van der Waals surface area contributed by atoms with Gasteiger partial charge in [0.1, 0.15) is 0 Å². The first-order valence-electron chi connectivity index (χ1n) is 11.4. The summed E-state index contributed by atoms with van der Waals surface area (Å²) in [7, 11) is 1.45. The number of methoxy groups -OCH3 is 1. The smallest absolute Gasteiger partial charge is 0.234 e. The SMILES string of the molecule is COc1cc([C@@H]2C(C#N)=C(SCC(=O)Nc3ccc(C)c(C)c3)NC3=C2C(=O)CCC3)ccc1O. The first-order chi connectivity index (χ1) is 16.8. The number of ketones is 1. The summed E-state index contributed by atoms with van der Waals surface area (Å²) in [5.74, 6) is -0.431. The van der Waals surface area contributed by atoms with Crippen molar-refractivity contribution >= 4 is 29.1 Å². The lowest BCUT2D eigenvalue weighted by Crippen LogP contribution is -2.31. The number of phenolic OH excluding ortho intramolecular Hbond substituents is 1. The number of anilines is 1. The number of benzene rings is 2. The maximum atomic E-state index is 12.9. The molecule has 2 aromatic rings. The number of allylic oxidation sites excluding steroid dienone is 3. The van der Waals surface area contributed by atoms with E-state index in [0.29, 0.717) is 34.6 Å². The fourth-order valence-corrected chi connectivity index (χ4v) is 5.26. The lowest BCUT2D eigenvalue weighted by atomic mass is 9.77. The zero-order chi connectivity index (χ0) is 25.1. The number of rotatable bonds is 6. The number of dihydropyridines is 1. The van der Waals surface area contributed by atoms with Crippen LogP contribution in [0, 0.1) is 25.2 Å². The molecule has 0 saturated heterocycles. The Hall–Kier alpha value is -3.70. The van der Waals surface area contributed by atoms with Gasteiger partial charge in [0.15, 0.2) is 17.3 Å². The molecule has 0 saturated carbocycles.